The van der Waals surface area contributed by atoms with Crippen molar-refractivity contribution in [2.45, 2.75) is 25.1 Å². The molecule has 0 aliphatic carbocycles. The minimum absolute atomic E-state index is 0.0511. The highest BCUT2D eigenvalue weighted by Gasteiger charge is 2.50. The smallest absolute Gasteiger partial charge is 0.377 e. The van der Waals surface area contributed by atoms with Gasteiger partial charge in [-0.25, -0.2) is 0 Å². The molecule has 0 aliphatic rings. The lowest BCUT2D eigenvalue weighted by atomic mass is 10.1. The van der Waals surface area contributed by atoms with Gasteiger partial charge in [0.25, 0.3) is 0 Å². The molecule has 0 aromatic heterocycles. The summed E-state index contributed by atoms with van der Waals surface area (Å²) < 4.78 is 16.8. The summed E-state index contributed by atoms with van der Waals surface area (Å²) in [5.41, 5.74) is 7.41. The van der Waals surface area contributed by atoms with Gasteiger partial charge in [0.1, 0.15) is 0 Å². The number of hydrogen-bond donors (Lipinski definition) is 2. The Morgan fingerprint density at radius 3 is 2.10 bits per heavy atom. The summed E-state index contributed by atoms with van der Waals surface area (Å²) in [6.45, 7) is 2.81. The number of nitrogens with one attached hydrogen (secondary N) is 1. The van der Waals surface area contributed by atoms with Crippen LogP contribution in [0.15, 0.2) is 30.3 Å². The molecule has 0 spiro atoms. The standard InChI is InChI=1S/C14H26N2O3Si/c1-5-16-14(15)13(20(17-2,18-3)19-4)11-12-9-7-6-8-10-12/h6-10,13-14,16H,5,11,15H2,1-4H3. The van der Waals surface area contributed by atoms with Gasteiger partial charge < -0.3 is 24.3 Å². The van der Waals surface area contributed by atoms with E-state index in [-0.39, 0.29) is 11.7 Å². The van der Waals surface area contributed by atoms with Crippen molar-refractivity contribution in [3.05, 3.63) is 35.9 Å². The molecule has 0 saturated carbocycles. The fourth-order valence-corrected chi connectivity index (χ4v) is 4.87. The molecule has 0 aliphatic heterocycles. The topological polar surface area (TPSA) is 65.7 Å². The molecule has 5 nitrogen and oxygen atoms in total. The minimum Gasteiger partial charge on any atom is -0.377 e. The highest BCUT2D eigenvalue weighted by molar-refractivity contribution is 6.62. The largest absolute Gasteiger partial charge is 0.506 e. The fraction of sp³-hybridized carbons (Fsp3) is 0.571. The maximum atomic E-state index is 6.27. The first-order valence-electron chi connectivity index (χ1n) is 6.81. The third-order valence-corrected chi connectivity index (χ3v) is 6.66. The van der Waals surface area contributed by atoms with Gasteiger partial charge in [-0.05, 0) is 18.5 Å². The number of benzene rings is 1. The fourth-order valence-electron chi connectivity index (χ4n) is 2.42. The average molecular weight is 298 g/mol. The van der Waals surface area contributed by atoms with Gasteiger partial charge in [-0.1, -0.05) is 37.3 Å². The summed E-state index contributed by atoms with van der Waals surface area (Å²) in [7, 11) is 2.05. The third kappa shape index (κ3) is 4.11. The van der Waals surface area contributed by atoms with Crippen LogP contribution < -0.4 is 11.1 Å². The van der Waals surface area contributed by atoms with Gasteiger partial charge in [0, 0.05) is 21.3 Å². The van der Waals surface area contributed by atoms with Crippen molar-refractivity contribution in [2.75, 3.05) is 27.9 Å². The van der Waals surface area contributed by atoms with Gasteiger partial charge in [-0.15, -0.1) is 0 Å². The quantitative estimate of drug-likeness (QED) is 0.532. The molecule has 0 bridgehead atoms. The van der Waals surface area contributed by atoms with E-state index in [1.807, 2.05) is 25.1 Å². The highest BCUT2D eigenvalue weighted by atomic mass is 28.4. The predicted octanol–water partition coefficient (Wildman–Crippen LogP) is 1.37. The molecule has 1 rings (SSSR count). The van der Waals surface area contributed by atoms with E-state index in [1.165, 1.54) is 5.56 Å². The van der Waals surface area contributed by atoms with Gasteiger partial charge in [-0.2, -0.15) is 0 Å². The summed E-state index contributed by atoms with van der Waals surface area (Å²) in [6, 6.07) is 10.2. The molecule has 1 aromatic carbocycles. The van der Waals surface area contributed by atoms with Crippen molar-refractivity contribution in [1.29, 1.82) is 0 Å². The van der Waals surface area contributed by atoms with Crippen LogP contribution >= 0.6 is 0 Å². The molecule has 0 heterocycles. The van der Waals surface area contributed by atoms with Crippen molar-refractivity contribution in [2.24, 2.45) is 5.73 Å². The molecular formula is C14H26N2O3Si. The zero-order chi connectivity index (χ0) is 15.0. The number of rotatable bonds is 9. The normalized spacial score (nSPS) is 15.1. The Kier molecular flexibility index (Phi) is 7.35. The highest BCUT2D eigenvalue weighted by Crippen LogP contribution is 2.29. The second kappa shape index (κ2) is 8.51. The summed E-state index contributed by atoms with van der Waals surface area (Å²) >= 11 is 0. The molecule has 0 amide bonds. The molecule has 0 radical (unpaired) electrons. The summed E-state index contributed by atoms with van der Waals surface area (Å²) in [4.78, 5) is 0. The van der Waals surface area contributed by atoms with Gasteiger partial charge in [-0.3, -0.25) is 0 Å². The Morgan fingerprint density at radius 2 is 1.65 bits per heavy atom. The van der Waals surface area contributed by atoms with Crippen LogP contribution in [0, 0.1) is 0 Å². The summed E-state index contributed by atoms with van der Waals surface area (Å²) in [6.07, 6.45) is 0.503. The van der Waals surface area contributed by atoms with Crippen LogP contribution in [-0.2, 0) is 19.7 Å². The van der Waals surface area contributed by atoms with E-state index in [4.69, 9.17) is 19.0 Å². The lowest BCUT2D eigenvalue weighted by Crippen LogP contribution is -2.58. The second-order valence-corrected chi connectivity index (χ2v) is 7.77. The van der Waals surface area contributed by atoms with E-state index < -0.39 is 8.80 Å². The Hall–Kier alpha value is -0.763. The van der Waals surface area contributed by atoms with E-state index in [9.17, 15) is 0 Å². The average Bonchev–Trinajstić information content (AvgIpc) is 2.49. The molecule has 2 unspecified atom stereocenters. The van der Waals surface area contributed by atoms with Gasteiger partial charge in [0.15, 0.2) is 0 Å². The van der Waals surface area contributed by atoms with Crippen molar-refractivity contribution in [3.63, 3.8) is 0 Å². The van der Waals surface area contributed by atoms with E-state index >= 15 is 0 Å². The lowest BCUT2D eigenvalue weighted by Gasteiger charge is -2.36. The molecule has 3 N–H and O–H groups in total. The first kappa shape index (κ1) is 17.3. The van der Waals surface area contributed by atoms with Crippen LogP contribution in [0.25, 0.3) is 0 Å². The number of hydrogen-bond acceptors (Lipinski definition) is 5. The Balaban J connectivity index is 3.01. The van der Waals surface area contributed by atoms with E-state index in [1.54, 1.807) is 21.3 Å². The summed E-state index contributed by atoms with van der Waals surface area (Å²) in [5, 5.41) is 3.25. The second-order valence-electron chi connectivity index (χ2n) is 4.60. The molecular weight excluding hydrogens is 272 g/mol. The van der Waals surface area contributed by atoms with Crippen LogP contribution in [0.5, 0.6) is 0 Å². The molecule has 6 heteroatoms. The van der Waals surface area contributed by atoms with Crippen LogP contribution in [0.2, 0.25) is 5.54 Å². The zero-order valence-corrected chi connectivity index (χ0v) is 13.8. The first-order valence-corrected chi connectivity index (χ1v) is 8.62. The first-order chi connectivity index (χ1) is 9.63. The van der Waals surface area contributed by atoms with E-state index in [0.717, 1.165) is 13.0 Å². The molecule has 20 heavy (non-hydrogen) atoms. The molecule has 114 valence electrons. The molecule has 0 fully saturated rings. The van der Waals surface area contributed by atoms with Gasteiger partial charge >= 0.3 is 8.80 Å². The number of nitrogens with two attached hydrogens (primary N) is 1. The van der Waals surface area contributed by atoms with Crippen molar-refractivity contribution in [1.82, 2.24) is 5.32 Å². The van der Waals surface area contributed by atoms with E-state index in [0.29, 0.717) is 0 Å². The maximum absolute atomic E-state index is 6.27. The van der Waals surface area contributed by atoms with Crippen LogP contribution in [-0.4, -0.2) is 42.8 Å². The summed E-state index contributed by atoms with van der Waals surface area (Å²) in [5.74, 6) is 0. The minimum atomic E-state index is -2.82. The predicted molar refractivity (Wildman–Crippen MR) is 82.3 cm³/mol. The molecule has 1 aromatic rings. The Morgan fingerprint density at radius 1 is 1.10 bits per heavy atom. The van der Waals surface area contributed by atoms with Crippen LogP contribution in [0.3, 0.4) is 0 Å². The maximum Gasteiger partial charge on any atom is 0.506 e. The lowest BCUT2D eigenvalue weighted by molar-refractivity contribution is 0.104. The molecule has 0 saturated heterocycles. The van der Waals surface area contributed by atoms with Gasteiger partial charge in [0.05, 0.1) is 11.7 Å². The zero-order valence-electron chi connectivity index (χ0n) is 12.8. The third-order valence-electron chi connectivity index (χ3n) is 3.48. The van der Waals surface area contributed by atoms with Crippen LogP contribution in [0.1, 0.15) is 12.5 Å². The van der Waals surface area contributed by atoms with Crippen molar-refractivity contribution >= 4 is 8.80 Å². The molecule has 2 atom stereocenters. The monoisotopic (exact) mass is 298 g/mol. The van der Waals surface area contributed by atoms with Crippen LogP contribution in [0.4, 0.5) is 0 Å². The van der Waals surface area contributed by atoms with Crippen molar-refractivity contribution in [3.8, 4) is 0 Å². The van der Waals surface area contributed by atoms with E-state index in [2.05, 4.69) is 17.4 Å². The SMILES string of the molecule is CCNC(N)C(Cc1ccccc1)[Si](OC)(OC)OC. The van der Waals surface area contributed by atoms with Gasteiger partial charge in [0.2, 0.25) is 0 Å². The Bertz CT molecular complexity index is 366. The van der Waals surface area contributed by atoms with Crippen molar-refractivity contribution < 1.29 is 13.3 Å². The Labute approximate surface area is 122 Å².